The monoisotopic (exact) mass is 259 g/mol. The molecule has 0 spiro atoms. The summed E-state index contributed by atoms with van der Waals surface area (Å²) < 4.78 is 5.30. The Morgan fingerprint density at radius 3 is 2.94 bits per heavy atom. The van der Waals surface area contributed by atoms with Gasteiger partial charge in [0.2, 0.25) is 0 Å². The molecule has 0 bridgehead atoms. The van der Waals surface area contributed by atoms with E-state index in [0.29, 0.717) is 17.4 Å². The van der Waals surface area contributed by atoms with E-state index in [-0.39, 0.29) is 0 Å². The van der Waals surface area contributed by atoms with Crippen molar-refractivity contribution in [2.75, 3.05) is 0 Å². The summed E-state index contributed by atoms with van der Waals surface area (Å²) in [5.74, 6) is 1.73. The van der Waals surface area contributed by atoms with E-state index in [2.05, 4.69) is 16.2 Å². The van der Waals surface area contributed by atoms with Crippen molar-refractivity contribution in [3.05, 3.63) is 22.8 Å². The Kier molecular flexibility index (Phi) is 3.11. The van der Waals surface area contributed by atoms with Crippen LogP contribution in [-0.4, -0.2) is 10.1 Å². The number of hydrogen-bond donors (Lipinski definition) is 0. The van der Waals surface area contributed by atoms with Gasteiger partial charge >= 0.3 is 0 Å². The largest absolute Gasteiger partial charge is 0.333 e. The Morgan fingerprint density at radius 1 is 1.33 bits per heavy atom. The Morgan fingerprint density at radius 2 is 2.17 bits per heavy atom. The van der Waals surface area contributed by atoms with Gasteiger partial charge < -0.3 is 4.52 Å². The van der Waals surface area contributed by atoms with Gasteiger partial charge in [0.25, 0.3) is 5.89 Å². The van der Waals surface area contributed by atoms with E-state index < -0.39 is 0 Å². The van der Waals surface area contributed by atoms with Gasteiger partial charge in [-0.3, -0.25) is 0 Å². The molecular weight excluding hydrogens is 246 g/mol. The van der Waals surface area contributed by atoms with Gasteiger partial charge in [-0.25, -0.2) is 0 Å². The molecule has 92 valence electrons. The van der Waals surface area contributed by atoms with Crippen LogP contribution in [0.15, 0.2) is 16.0 Å². The summed E-state index contributed by atoms with van der Waals surface area (Å²) in [5, 5.41) is 14.9. The third kappa shape index (κ3) is 2.04. The van der Waals surface area contributed by atoms with Crippen LogP contribution in [0.2, 0.25) is 0 Å². The molecule has 1 aliphatic rings. The number of hydrogen-bond acceptors (Lipinski definition) is 5. The quantitative estimate of drug-likeness (QED) is 0.824. The van der Waals surface area contributed by atoms with Gasteiger partial charge in [-0.2, -0.15) is 10.2 Å². The number of nitrogens with zero attached hydrogens (tertiary/aromatic N) is 3. The molecule has 0 amide bonds. The van der Waals surface area contributed by atoms with Crippen LogP contribution >= 0.6 is 11.3 Å². The molecular formula is C13H13N3OS. The molecule has 5 heteroatoms. The first-order valence-corrected chi connectivity index (χ1v) is 7.08. The molecule has 0 unspecified atom stereocenters. The Hall–Kier alpha value is -1.67. The molecule has 0 atom stereocenters. The first-order valence-electron chi connectivity index (χ1n) is 6.20. The smallest absolute Gasteiger partial charge is 0.269 e. The molecule has 3 rings (SSSR count). The SMILES string of the molecule is N#Cc1ccsc1-c1nc(C2CCCCC2)no1. The second-order valence-corrected chi connectivity index (χ2v) is 5.48. The summed E-state index contributed by atoms with van der Waals surface area (Å²) in [4.78, 5) is 5.25. The van der Waals surface area contributed by atoms with Crippen LogP contribution in [-0.2, 0) is 0 Å². The summed E-state index contributed by atoms with van der Waals surface area (Å²) in [7, 11) is 0. The zero-order valence-corrected chi connectivity index (χ0v) is 10.7. The third-order valence-electron chi connectivity index (χ3n) is 3.39. The van der Waals surface area contributed by atoms with Crippen molar-refractivity contribution >= 4 is 11.3 Å². The average molecular weight is 259 g/mol. The summed E-state index contributed by atoms with van der Waals surface area (Å²) in [5.41, 5.74) is 0.610. The highest BCUT2D eigenvalue weighted by Crippen LogP contribution is 2.33. The maximum atomic E-state index is 8.99. The van der Waals surface area contributed by atoms with Gasteiger partial charge in [-0.1, -0.05) is 24.4 Å². The zero-order chi connectivity index (χ0) is 12.4. The van der Waals surface area contributed by atoms with Crippen LogP contribution in [0, 0.1) is 11.3 Å². The minimum Gasteiger partial charge on any atom is -0.333 e. The van der Waals surface area contributed by atoms with E-state index in [1.807, 2.05) is 5.38 Å². The molecule has 4 nitrogen and oxygen atoms in total. The van der Waals surface area contributed by atoms with E-state index in [1.165, 1.54) is 30.6 Å². The van der Waals surface area contributed by atoms with Crippen LogP contribution in [0.5, 0.6) is 0 Å². The second-order valence-electron chi connectivity index (χ2n) is 4.57. The normalized spacial score (nSPS) is 16.6. The maximum absolute atomic E-state index is 8.99. The van der Waals surface area contributed by atoms with Crippen LogP contribution < -0.4 is 0 Å². The second kappa shape index (κ2) is 4.91. The van der Waals surface area contributed by atoms with Gasteiger partial charge in [-0.15, -0.1) is 11.3 Å². The van der Waals surface area contributed by atoms with Crippen molar-refractivity contribution in [2.24, 2.45) is 0 Å². The predicted octanol–water partition coefficient (Wildman–Crippen LogP) is 3.72. The van der Waals surface area contributed by atoms with Gasteiger partial charge in [0.05, 0.1) is 5.56 Å². The fourth-order valence-corrected chi connectivity index (χ4v) is 3.18. The van der Waals surface area contributed by atoms with Crippen molar-refractivity contribution in [1.82, 2.24) is 10.1 Å². The minimum absolute atomic E-state index is 0.432. The minimum atomic E-state index is 0.432. The topological polar surface area (TPSA) is 62.7 Å². The van der Waals surface area contributed by atoms with Gasteiger partial charge in [0.15, 0.2) is 5.82 Å². The van der Waals surface area contributed by atoms with Gasteiger partial charge in [-0.05, 0) is 24.3 Å². The van der Waals surface area contributed by atoms with Gasteiger partial charge in [0.1, 0.15) is 10.9 Å². The van der Waals surface area contributed by atoms with E-state index in [9.17, 15) is 0 Å². The van der Waals surface area contributed by atoms with Crippen molar-refractivity contribution < 1.29 is 4.52 Å². The lowest BCUT2D eigenvalue weighted by molar-refractivity contribution is 0.385. The van der Waals surface area contributed by atoms with Crippen molar-refractivity contribution in [3.63, 3.8) is 0 Å². The molecule has 0 aliphatic heterocycles. The number of thiophene rings is 1. The molecule has 1 saturated carbocycles. The van der Waals surface area contributed by atoms with Crippen LogP contribution in [0.1, 0.15) is 49.4 Å². The molecule has 2 heterocycles. The Balaban J connectivity index is 1.87. The maximum Gasteiger partial charge on any atom is 0.269 e. The average Bonchev–Trinajstić information content (AvgIpc) is 3.08. The fourth-order valence-electron chi connectivity index (χ4n) is 2.42. The summed E-state index contributed by atoms with van der Waals surface area (Å²) in [6, 6.07) is 3.93. The van der Waals surface area contributed by atoms with E-state index in [0.717, 1.165) is 23.5 Å². The lowest BCUT2D eigenvalue weighted by Gasteiger charge is -2.17. The number of aromatic nitrogens is 2. The standard InChI is InChI=1S/C13H13N3OS/c14-8-10-6-7-18-11(10)13-15-12(16-17-13)9-4-2-1-3-5-9/h6-7,9H,1-5H2. The summed E-state index contributed by atoms with van der Waals surface area (Å²) in [6.45, 7) is 0. The van der Waals surface area contributed by atoms with Crippen molar-refractivity contribution in [2.45, 2.75) is 38.0 Å². The lowest BCUT2D eigenvalue weighted by Crippen LogP contribution is -2.06. The molecule has 0 N–H and O–H groups in total. The zero-order valence-electron chi connectivity index (χ0n) is 9.93. The molecule has 2 aromatic heterocycles. The van der Waals surface area contributed by atoms with Gasteiger partial charge in [0, 0.05) is 5.92 Å². The highest BCUT2D eigenvalue weighted by Gasteiger charge is 2.22. The predicted molar refractivity (Wildman–Crippen MR) is 68.2 cm³/mol. The van der Waals surface area contributed by atoms with Crippen LogP contribution in [0.25, 0.3) is 10.8 Å². The molecule has 0 saturated heterocycles. The Labute approximate surface area is 109 Å². The van der Waals surface area contributed by atoms with Crippen LogP contribution in [0.4, 0.5) is 0 Å². The van der Waals surface area contributed by atoms with E-state index in [1.54, 1.807) is 6.07 Å². The van der Waals surface area contributed by atoms with Crippen molar-refractivity contribution in [1.29, 1.82) is 5.26 Å². The molecule has 1 aliphatic carbocycles. The molecule has 2 aromatic rings. The molecule has 18 heavy (non-hydrogen) atoms. The highest BCUT2D eigenvalue weighted by molar-refractivity contribution is 7.13. The van der Waals surface area contributed by atoms with Crippen molar-refractivity contribution in [3.8, 4) is 16.8 Å². The first kappa shape index (κ1) is 11.4. The highest BCUT2D eigenvalue weighted by atomic mass is 32.1. The van der Waals surface area contributed by atoms with E-state index >= 15 is 0 Å². The van der Waals surface area contributed by atoms with E-state index in [4.69, 9.17) is 9.78 Å². The molecule has 0 aromatic carbocycles. The summed E-state index contributed by atoms with van der Waals surface area (Å²) >= 11 is 1.47. The summed E-state index contributed by atoms with van der Waals surface area (Å²) in [6.07, 6.45) is 6.10. The fraction of sp³-hybridized carbons (Fsp3) is 0.462. The number of rotatable bonds is 2. The number of nitriles is 1. The third-order valence-corrected chi connectivity index (χ3v) is 4.29. The first-order chi connectivity index (χ1) is 8.88. The lowest BCUT2D eigenvalue weighted by atomic mass is 9.89. The molecule has 1 fully saturated rings. The Bertz CT molecular complexity index is 575. The van der Waals surface area contributed by atoms with Crippen LogP contribution in [0.3, 0.4) is 0 Å². The molecule has 0 radical (unpaired) electrons.